The van der Waals surface area contributed by atoms with Crippen LogP contribution in [0.25, 0.3) is 50.3 Å². The number of phenolic OH excluding ortho intramolecular Hbond substituents is 2. The number of likely N-dealkylation sites (tertiary alicyclic amines) is 1. The van der Waals surface area contributed by atoms with Crippen LogP contribution in [0, 0.1) is 5.92 Å². The first kappa shape index (κ1) is 44.0. The summed E-state index contributed by atoms with van der Waals surface area (Å²) in [5.41, 5.74) is 2.18. The van der Waals surface area contributed by atoms with Gasteiger partial charge in [0.05, 0.1) is 41.3 Å². The van der Waals surface area contributed by atoms with Crippen LogP contribution in [0.3, 0.4) is 0 Å². The number of pyridine rings is 2. The van der Waals surface area contributed by atoms with Gasteiger partial charge in [-0.1, -0.05) is 27.7 Å². The molecule has 1 saturated heterocycles. The summed E-state index contributed by atoms with van der Waals surface area (Å²) in [5, 5.41) is 58.6. The van der Waals surface area contributed by atoms with Gasteiger partial charge < -0.3 is 44.3 Å². The molecule has 66 heavy (non-hydrogen) atoms. The van der Waals surface area contributed by atoms with Crippen molar-refractivity contribution in [3.63, 3.8) is 0 Å². The molecule has 1 atom stereocenters. The molecule has 17 heteroatoms. The van der Waals surface area contributed by atoms with E-state index in [9.17, 15) is 39.6 Å². The fraction of sp³-hybridized carbons (Fsp3) is 0.347. The molecule has 17 nitrogen and oxygen atoms in total. The number of carbonyl (C=O) groups excluding carboxylic acids is 2. The van der Waals surface area contributed by atoms with Crippen LogP contribution in [-0.4, -0.2) is 84.5 Å². The number of aromatic amines is 1. The highest BCUT2D eigenvalue weighted by atomic mass is 16.6. The molecule has 0 unspecified atom stereocenters. The molecule has 0 aliphatic carbocycles. The fourth-order valence-electron chi connectivity index (χ4n) is 9.76. The highest BCUT2D eigenvalue weighted by Gasteiger charge is 2.46. The average molecular weight is 899 g/mol. The molecule has 0 saturated carbocycles. The molecule has 3 aromatic carbocycles. The van der Waals surface area contributed by atoms with Gasteiger partial charge in [0.2, 0.25) is 5.60 Å². The lowest BCUT2D eigenvalue weighted by atomic mass is 9.87. The lowest BCUT2D eigenvalue weighted by molar-refractivity contribution is -0.160. The Morgan fingerprint density at radius 2 is 1.76 bits per heavy atom. The molecule has 2 aliphatic heterocycles. The number of hydrogen-bond donors (Lipinski definition) is 5. The number of fused-ring (bicyclic) bond motifs is 5. The molecular weight excluding hydrogens is 847 g/mol. The number of ether oxygens (including phenoxy) is 1. The Hall–Kier alpha value is -7.24. The molecule has 7 N–H and O–H groups in total. The van der Waals surface area contributed by atoms with Crippen LogP contribution in [0.15, 0.2) is 76.4 Å². The lowest BCUT2D eigenvalue weighted by Crippen LogP contribution is -2.40. The number of nitrogens with one attached hydrogen (secondary N) is 1. The van der Waals surface area contributed by atoms with Crippen molar-refractivity contribution in [3.05, 3.63) is 116 Å². The molecule has 0 spiro atoms. The first-order valence-corrected chi connectivity index (χ1v) is 22.3. The number of aromatic nitrogens is 6. The number of hydrogen-bond acceptors (Lipinski definition) is 11. The number of benzene rings is 3. The lowest BCUT2D eigenvalue weighted by Gasteiger charge is -2.31. The zero-order chi connectivity index (χ0) is 46.8. The van der Waals surface area contributed by atoms with Crippen LogP contribution >= 0.6 is 0 Å². The Bertz CT molecular complexity index is 3210. The summed E-state index contributed by atoms with van der Waals surface area (Å²) in [7, 11) is 0. The molecule has 342 valence electrons. The van der Waals surface area contributed by atoms with Gasteiger partial charge in [-0.15, -0.1) is 0 Å². The van der Waals surface area contributed by atoms with E-state index in [1.807, 2.05) is 51.2 Å². The molecule has 1 fully saturated rings. The van der Waals surface area contributed by atoms with E-state index < -0.39 is 35.5 Å². The number of nitrogens with zero attached hydrogens (tertiary/aromatic N) is 6. The standard InChI is InChI=1S/C49H51N7O10/c1-5-31-33-20-30(8-9-38(33)50-43-35(31)24-55-40(43)22-37(36(25-57)45(55)60)49(65,6-2)46(61)62)66-48(64)54-16-12-27(13-17-54)11-15-53-18-14-28-19-29(7-10-39(28)53)56-44(51-52-47(56)63)34-21-32(26(3)4)41(58)23-42(34)59/h7-10,14,18-23,26-27,57-59,65H,5-6,11-13,15-17,24-25H2,1-4H3,(H,52,63)(H,61,62)/p+1/t49-/m0/s1. The quantitative estimate of drug-likeness (QED) is 0.0938. The Morgan fingerprint density at radius 3 is 2.45 bits per heavy atom. The van der Waals surface area contributed by atoms with E-state index in [4.69, 9.17) is 14.8 Å². The van der Waals surface area contributed by atoms with Gasteiger partial charge in [0, 0.05) is 69.7 Å². The molecule has 7 aromatic rings. The van der Waals surface area contributed by atoms with Crippen molar-refractivity contribution in [1.29, 1.82) is 0 Å². The van der Waals surface area contributed by atoms with Crippen molar-refractivity contribution in [2.75, 3.05) is 13.1 Å². The third-order valence-corrected chi connectivity index (χ3v) is 13.5. The van der Waals surface area contributed by atoms with Crippen LogP contribution in [0.4, 0.5) is 4.79 Å². The minimum absolute atomic E-state index is 0.0250. The third-order valence-electron chi connectivity index (χ3n) is 13.5. The summed E-state index contributed by atoms with van der Waals surface area (Å²) in [4.78, 5) is 59.1. The first-order chi connectivity index (χ1) is 31.6. The van der Waals surface area contributed by atoms with E-state index >= 15 is 0 Å². The number of aryl methyl sites for hydroxylation is 2. The topological polar surface area (TPSA) is 241 Å². The Kier molecular flexibility index (Phi) is 11.3. The number of aromatic hydroxyl groups is 2. The third kappa shape index (κ3) is 7.37. The maximum absolute atomic E-state index is 13.7. The van der Waals surface area contributed by atoms with Gasteiger partial charge >= 0.3 is 17.8 Å². The van der Waals surface area contributed by atoms with Gasteiger partial charge in [0.1, 0.15) is 17.2 Å². The predicted octanol–water partition coefficient (Wildman–Crippen LogP) is 5.66. The molecular formula is C49H52N7O10+. The smallest absolute Gasteiger partial charge is 0.552 e. The second-order valence-corrected chi connectivity index (χ2v) is 17.6. The van der Waals surface area contributed by atoms with Gasteiger partial charge in [-0.2, -0.15) is 5.10 Å². The van der Waals surface area contributed by atoms with E-state index in [0.29, 0.717) is 64.9 Å². The monoisotopic (exact) mass is 898 g/mol. The SMILES string of the molecule is CCc1c2c(nc3ccc(OC(=O)N4CCC(CCn5ccc6cc(-n7c(-c8cc(C(C)C)c(O)cc8O)n[nH]c7=O)ccc65)CC4)cc13)-c1cc([C@@](O)(CC)C(=O)[OH2+])c(CO)c(=O)n1C2. The molecule has 0 bridgehead atoms. The fourth-order valence-corrected chi connectivity index (χ4v) is 9.76. The minimum atomic E-state index is -2.26. The second kappa shape index (κ2) is 17.0. The van der Waals surface area contributed by atoms with Gasteiger partial charge in [-0.05, 0) is 110 Å². The summed E-state index contributed by atoms with van der Waals surface area (Å²) in [6.45, 7) is 8.67. The number of aliphatic hydroxyl groups is 2. The minimum Gasteiger partial charge on any atom is -0.562 e. The van der Waals surface area contributed by atoms with Gasteiger partial charge in [-0.3, -0.25) is 4.79 Å². The zero-order valence-electron chi connectivity index (χ0n) is 37.1. The van der Waals surface area contributed by atoms with Gasteiger partial charge in [-0.25, -0.2) is 24.2 Å². The number of piperidine rings is 1. The van der Waals surface area contributed by atoms with Gasteiger partial charge in [0.15, 0.2) is 5.82 Å². The zero-order valence-corrected chi connectivity index (χ0v) is 37.1. The first-order valence-electron chi connectivity index (χ1n) is 22.3. The Labute approximate surface area is 377 Å². The van der Waals surface area contributed by atoms with Crippen molar-refractivity contribution in [2.24, 2.45) is 5.92 Å². The van der Waals surface area contributed by atoms with Crippen LogP contribution in [0.2, 0.25) is 0 Å². The highest BCUT2D eigenvalue weighted by Crippen LogP contribution is 2.41. The number of rotatable bonds is 12. The van der Waals surface area contributed by atoms with Crippen molar-refractivity contribution < 1.29 is 39.9 Å². The van der Waals surface area contributed by atoms with Crippen molar-refractivity contribution in [2.45, 2.75) is 91.0 Å². The summed E-state index contributed by atoms with van der Waals surface area (Å²) in [6.07, 6.45) is 4.52. The summed E-state index contributed by atoms with van der Waals surface area (Å²) in [6, 6.07) is 17.4. The normalized spacial score (nSPS) is 14.8. The van der Waals surface area contributed by atoms with E-state index in [2.05, 4.69) is 14.8 Å². The number of phenols is 2. The van der Waals surface area contributed by atoms with Crippen LogP contribution < -0.4 is 16.0 Å². The van der Waals surface area contributed by atoms with Crippen molar-refractivity contribution in [3.8, 4) is 45.7 Å². The molecule has 9 rings (SSSR count). The summed E-state index contributed by atoms with van der Waals surface area (Å²) in [5.74, 6) is -0.534. The molecule has 4 aromatic heterocycles. The van der Waals surface area contributed by atoms with E-state index in [1.54, 1.807) is 29.2 Å². The Morgan fingerprint density at radius 1 is 0.985 bits per heavy atom. The molecule has 1 amide bonds. The van der Waals surface area contributed by atoms with Crippen LogP contribution in [0.1, 0.15) is 87.1 Å². The van der Waals surface area contributed by atoms with Crippen molar-refractivity contribution >= 4 is 33.9 Å². The summed E-state index contributed by atoms with van der Waals surface area (Å²) < 4.78 is 11.0. The number of aliphatic hydroxyl groups excluding tert-OH is 1. The molecule has 6 heterocycles. The number of H-pyrrole nitrogens is 1. The maximum Gasteiger partial charge on any atom is 0.552 e. The van der Waals surface area contributed by atoms with Crippen molar-refractivity contribution in [1.82, 2.24) is 33.8 Å². The maximum atomic E-state index is 13.7. The predicted molar refractivity (Wildman–Crippen MR) is 246 cm³/mol. The van der Waals surface area contributed by atoms with E-state index in [0.717, 1.165) is 53.2 Å². The second-order valence-electron chi connectivity index (χ2n) is 17.6. The molecule has 2 aliphatic rings. The largest absolute Gasteiger partial charge is 0.562 e. The van der Waals surface area contributed by atoms with Crippen LogP contribution in [-0.2, 0) is 36.5 Å². The number of carbonyl (C=O) groups is 2. The number of amides is 1. The average Bonchev–Trinajstić information content (AvgIpc) is 4.01. The van der Waals surface area contributed by atoms with Crippen LogP contribution in [0.5, 0.6) is 17.2 Å². The Balaban J connectivity index is 0.857. The molecule has 0 radical (unpaired) electrons. The highest BCUT2D eigenvalue weighted by molar-refractivity contribution is 5.90. The summed E-state index contributed by atoms with van der Waals surface area (Å²) >= 11 is 0. The van der Waals surface area contributed by atoms with Gasteiger partial charge in [0.25, 0.3) is 5.56 Å². The van der Waals surface area contributed by atoms with E-state index in [1.165, 1.54) is 28.2 Å². The van der Waals surface area contributed by atoms with E-state index in [-0.39, 0.29) is 47.3 Å².